The fourth-order valence-corrected chi connectivity index (χ4v) is 6.81. The highest BCUT2D eigenvalue weighted by molar-refractivity contribution is 5.97. The van der Waals surface area contributed by atoms with Gasteiger partial charge in [-0.3, -0.25) is 38.4 Å². The second-order valence-corrected chi connectivity index (χ2v) is 16.8. The zero-order chi connectivity index (χ0) is 47.5. The number of likely N-dealkylation sites (N-methyl/N-ethyl adjacent to an activating group) is 1. The van der Waals surface area contributed by atoms with Crippen molar-refractivity contribution in [3.63, 3.8) is 0 Å². The summed E-state index contributed by atoms with van der Waals surface area (Å²) in [5, 5.41) is 15.8. The Balaban J connectivity index is 1.63. The van der Waals surface area contributed by atoms with Gasteiger partial charge in [-0.1, -0.05) is 119 Å². The lowest BCUT2D eigenvalue weighted by molar-refractivity contribution is -0.141. The monoisotopic (exact) mass is 883 g/mol. The molecule has 3 rings (SSSR count). The van der Waals surface area contributed by atoms with Gasteiger partial charge in [0.05, 0.1) is 12.6 Å². The number of nitrogens with two attached hydrogens (primary N) is 2. The van der Waals surface area contributed by atoms with Gasteiger partial charge in [0.2, 0.25) is 47.3 Å². The van der Waals surface area contributed by atoms with Gasteiger partial charge in [-0.25, -0.2) is 0 Å². The summed E-state index contributed by atoms with van der Waals surface area (Å²) in [5.41, 5.74) is 14.1. The van der Waals surface area contributed by atoms with Crippen molar-refractivity contribution in [3.8, 4) is 0 Å². The second-order valence-electron chi connectivity index (χ2n) is 16.8. The standard InChI is InChI=1S/C47H65N9O8/c1-28(2)23-37(44(61)51-30(5)42(59)55-40(29(3)4)46(63)54-36(41(49)58)25-33-19-13-9-14-20-33)53-39(57)27-50-45(62)38(26-34-21-15-10-16-22-34)56(7)47(64)31(6)52-43(60)35(48)24-32-17-11-8-12-18-32/h8-22,28-31,35-38,40H,23-27,48H2,1-7H3,(H2,49,58)(H,50,62)(H,51,61)(H,52,60)(H,53,57)(H,54,63)(H,55,59)/t30-,31-,35-,36-,37-,38-,40-/m0/s1. The normalized spacial score (nSPS) is 14.3. The van der Waals surface area contributed by atoms with Crippen molar-refractivity contribution in [2.45, 2.75) is 110 Å². The zero-order valence-corrected chi connectivity index (χ0v) is 37.8. The minimum Gasteiger partial charge on any atom is -0.368 e. The molecule has 0 spiro atoms. The minimum atomic E-state index is -1.15. The molecule has 0 aliphatic heterocycles. The molecule has 0 aliphatic rings. The number of nitrogens with one attached hydrogen (secondary N) is 6. The molecule has 17 heteroatoms. The molecule has 0 saturated carbocycles. The first-order valence-electron chi connectivity index (χ1n) is 21.5. The highest BCUT2D eigenvalue weighted by Gasteiger charge is 2.33. The van der Waals surface area contributed by atoms with E-state index in [1.807, 2.05) is 56.3 Å². The lowest BCUT2D eigenvalue weighted by Gasteiger charge is -2.30. The number of carbonyl (C=O) groups excluding carboxylic acids is 8. The van der Waals surface area contributed by atoms with Gasteiger partial charge in [0.1, 0.15) is 36.3 Å². The smallest absolute Gasteiger partial charge is 0.245 e. The summed E-state index contributed by atoms with van der Waals surface area (Å²) >= 11 is 0. The molecule has 10 N–H and O–H groups in total. The Morgan fingerprint density at radius 2 is 1.05 bits per heavy atom. The number of primary amides is 1. The van der Waals surface area contributed by atoms with Crippen molar-refractivity contribution in [2.75, 3.05) is 13.6 Å². The maximum atomic E-state index is 13.8. The first-order chi connectivity index (χ1) is 30.3. The van der Waals surface area contributed by atoms with Crippen LogP contribution in [0.1, 0.15) is 64.7 Å². The van der Waals surface area contributed by atoms with E-state index in [1.54, 1.807) is 62.4 Å². The van der Waals surface area contributed by atoms with Gasteiger partial charge in [-0.15, -0.1) is 0 Å². The predicted molar refractivity (Wildman–Crippen MR) is 242 cm³/mol. The summed E-state index contributed by atoms with van der Waals surface area (Å²) in [6.07, 6.45) is 0.673. The Bertz CT molecular complexity index is 2040. The maximum absolute atomic E-state index is 13.8. The fraction of sp³-hybridized carbons (Fsp3) is 0.447. The van der Waals surface area contributed by atoms with Crippen LogP contribution in [0.3, 0.4) is 0 Å². The lowest BCUT2D eigenvalue weighted by Crippen LogP contribution is -2.59. The van der Waals surface area contributed by atoms with Gasteiger partial charge < -0.3 is 48.3 Å². The molecule has 0 fully saturated rings. The molecule has 0 aliphatic carbocycles. The molecule has 0 radical (unpaired) electrons. The largest absolute Gasteiger partial charge is 0.368 e. The number of nitrogens with zero attached hydrogens (tertiary/aromatic N) is 1. The number of rotatable bonds is 24. The molecule has 0 heterocycles. The van der Waals surface area contributed by atoms with Crippen molar-refractivity contribution in [1.82, 2.24) is 36.8 Å². The van der Waals surface area contributed by atoms with Crippen LogP contribution in [0, 0.1) is 11.8 Å². The first-order valence-corrected chi connectivity index (χ1v) is 21.5. The molecule has 3 aromatic rings. The Kier molecular flexibility index (Phi) is 20.6. The molecule has 0 bridgehead atoms. The third kappa shape index (κ3) is 16.9. The predicted octanol–water partition coefficient (Wildman–Crippen LogP) is 0.636. The van der Waals surface area contributed by atoms with Crippen LogP contribution < -0.4 is 43.4 Å². The number of benzene rings is 3. The first kappa shape index (κ1) is 51.7. The van der Waals surface area contributed by atoms with Crippen molar-refractivity contribution in [1.29, 1.82) is 0 Å². The van der Waals surface area contributed by atoms with E-state index < -0.39 is 102 Å². The fourth-order valence-electron chi connectivity index (χ4n) is 6.81. The molecule has 346 valence electrons. The molecular weight excluding hydrogens is 819 g/mol. The second kappa shape index (κ2) is 25.5. The lowest BCUT2D eigenvalue weighted by atomic mass is 10.0. The third-order valence-electron chi connectivity index (χ3n) is 10.5. The molecular formula is C47H65N9O8. The van der Waals surface area contributed by atoms with E-state index >= 15 is 0 Å². The van der Waals surface area contributed by atoms with E-state index in [0.717, 1.165) is 16.7 Å². The quantitative estimate of drug-likeness (QED) is 0.0627. The van der Waals surface area contributed by atoms with Gasteiger partial charge in [0.25, 0.3) is 0 Å². The molecule has 64 heavy (non-hydrogen) atoms. The highest BCUT2D eigenvalue weighted by atomic mass is 16.2. The van der Waals surface area contributed by atoms with E-state index in [-0.39, 0.29) is 31.6 Å². The SMILES string of the molecule is CC(C)C[C@H](NC(=O)CNC(=O)[C@H](Cc1ccccc1)N(C)C(=O)[C@H](C)NC(=O)[C@@H](N)Cc1ccccc1)C(=O)N[C@@H](C)C(=O)N[C@H](C(=O)N[C@@H](Cc1ccccc1)C(N)=O)C(C)C. The van der Waals surface area contributed by atoms with Crippen molar-refractivity contribution < 1.29 is 38.4 Å². The van der Waals surface area contributed by atoms with Gasteiger partial charge in [0.15, 0.2) is 0 Å². The van der Waals surface area contributed by atoms with Crippen LogP contribution >= 0.6 is 0 Å². The summed E-state index contributed by atoms with van der Waals surface area (Å²) in [5.74, 6) is -5.69. The number of amides is 8. The Morgan fingerprint density at radius 1 is 0.547 bits per heavy atom. The average Bonchev–Trinajstić information content (AvgIpc) is 3.26. The molecule has 0 aromatic heterocycles. The van der Waals surface area contributed by atoms with Crippen LogP contribution in [0.15, 0.2) is 91.0 Å². The van der Waals surface area contributed by atoms with Crippen LogP contribution in [-0.4, -0.2) is 108 Å². The van der Waals surface area contributed by atoms with Crippen LogP contribution in [0.4, 0.5) is 0 Å². The number of carbonyl (C=O) groups is 8. The Labute approximate surface area is 375 Å². The third-order valence-corrected chi connectivity index (χ3v) is 10.5. The van der Waals surface area contributed by atoms with Crippen LogP contribution in [0.2, 0.25) is 0 Å². The molecule has 3 aromatic carbocycles. The van der Waals surface area contributed by atoms with E-state index in [1.165, 1.54) is 25.8 Å². The summed E-state index contributed by atoms with van der Waals surface area (Å²) < 4.78 is 0. The van der Waals surface area contributed by atoms with E-state index in [4.69, 9.17) is 11.5 Å². The average molecular weight is 884 g/mol. The van der Waals surface area contributed by atoms with Crippen molar-refractivity contribution >= 4 is 47.3 Å². The molecule has 17 nitrogen and oxygen atoms in total. The van der Waals surface area contributed by atoms with Gasteiger partial charge in [-0.05, 0) is 55.2 Å². The van der Waals surface area contributed by atoms with E-state index in [0.29, 0.717) is 0 Å². The van der Waals surface area contributed by atoms with Crippen LogP contribution in [0.5, 0.6) is 0 Å². The number of hydrogen-bond acceptors (Lipinski definition) is 9. The summed E-state index contributed by atoms with van der Waals surface area (Å²) in [6.45, 7) is 9.48. The van der Waals surface area contributed by atoms with E-state index in [2.05, 4.69) is 31.9 Å². The summed E-state index contributed by atoms with van der Waals surface area (Å²) in [6, 6.07) is 19.7. The van der Waals surface area contributed by atoms with Crippen LogP contribution in [0.25, 0.3) is 0 Å². The summed E-state index contributed by atoms with van der Waals surface area (Å²) in [7, 11) is 1.43. The maximum Gasteiger partial charge on any atom is 0.245 e. The molecule has 8 amide bonds. The van der Waals surface area contributed by atoms with E-state index in [9.17, 15) is 38.4 Å². The molecule has 0 saturated heterocycles. The topological polar surface area (TPSA) is 264 Å². The minimum absolute atomic E-state index is 0.0804. The highest BCUT2D eigenvalue weighted by Crippen LogP contribution is 2.12. The van der Waals surface area contributed by atoms with Gasteiger partial charge in [-0.2, -0.15) is 0 Å². The van der Waals surface area contributed by atoms with Gasteiger partial charge in [0, 0.05) is 19.9 Å². The number of hydrogen-bond donors (Lipinski definition) is 8. The Hall–Kier alpha value is -6.62. The van der Waals surface area contributed by atoms with Crippen LogP contribution in [-0.2, 0) is 57.6 Å². The van der Waals surface area contributed by atoms with Crippen molar-refractivity contribution in [3.05, 3.63) is 108 Å². The molecule has 0 unspecified atom stereocenters. The Morgan fingerprint density at radius 3 is 1.55 bits per heavy atom. The van der Waals surface area contributed by atoms with Gasteiger partial charge >= 0.3 is 0 Å². The van der Waals surface area contributed by atoms with Crippen molar-refractivity contribution in [2.24, 2.45) is 23.3 Å². The molecule has 7 atom stereocenters. The zero-order valence-electron chi connectivity index (χ0n) is 37.8. The summed E-state index contributed by atoms with van der Waals surface area (Å²) in [4.78, 5) is 107.